The van der Waals surface area contributed by atoms with E-state index < -0.39 is 0 Å². The molecule has 0 aliphatic carbocycles. The van der Waals surface area contributed by atoms with Crippen molar-refractivity contribution >= 4 is 11.4 Å². The van der Waals surface area contributed by atoms with Crippen LogP contribution >= 0.6 is 0 Å². The third-order valence-electron chi connectivity index (χ3n) is 3.72. The van der Waals surface area contributed by atoms with Gasteiger partial charge in [0.05, 0.1) is 13.2 Å². The molecule has 114 valence electrons. The van der Waals surface area contributed by atoms with E-state index in [9.17, 15) is 0 Å². The van der Waals surface area contributed by atoms with Crippen LogP contribution < -0.4 is 10.2 Å². The van der Waals surface area contributed by atoms with Crippen molar-refractivity contribution in [3.8, 4) is 0 Å². The first-order valence-electron chi connectivity index (χ1n) is 7.62. The Morgan fingerprint density at radius 3 is 2.52 bits per heavy atom. The first-order valence-corrected chi connectivity index (χ1v) is 7.62. The molecular formula is C17H25N3O. The summed E-state index contributed by atoms with van der Waals surface area (Å²) in [6.07, 6.45) is 2.11. The summed E-state index contributed by atoms with van der Waals surface area (Å²) in [7, 11) is 0. The summed E-state index contributed by atoms with van der Waals surface area (Å²) in [5, 5.41) is 12.5. The van der Waals surface area contributed by atoms with E-state index in [4.69, 9.17) is 5.11 Å². The lowest BCUT2D eigenvalue weighted by atomic mass is 10.2. The quantitative estimate of drug-likeness (QED) is 0.784. The van der Waals surface area contributed by atoms with Crippen LogP contribution in [0.5, 0.6) is 0 Å². The van der Waals surface area contributed by atoms with Gasteiger partial charge in [-0.05, 0) is 50.2 Å². The highest BCUT2D eigenvalue weighted by molar-refractivity contribution is 5.55. The SMILES string of the molecule is CCN(CCO)c1ccc(NCc2cccn2CC)cc1. The molecule has 2 rings (SSSR count). The van der Waals surface area contributed by atoms with Crippen molar-refractivity contribution in [2.45, 2.75) is 26.9 Å². The van der Waals surface area contributed by atoms with Crippen molar-refractivity contribution in [3.63, 3.8) is 0 Å². The first kappa shape index (κ1) is 15.4. The largest absolute Gasteiger partial charge is 0.395 e. The van der Waals surface area contributed by atoms with Crippen LogP contribution in [0, 0.1) is 0 Å². The second-order valence-electron chi connectivity index (χ2n) is 4.99. The number of aliphatic hydroxyl groups excluding tert-OH is 1. The molecule has 0 spiro atoms. The molecule has 0 atom stereocenters. The molecule has 2 aromatic rings. The number of anilines is 2. The van der Waals surface area contributed by atoms with Crippen LogP contribution in [0.25, 0.3) is 0 Å². The fourth-order valence-electron chi connectivity index (χ4n) is 2.49. The van der Waals surface area contributed by atoms with Crippen molar-refractivity contribution in [1.29, 1.82) is 0 Å². The highest BCUT2D eigenvalue weighted by atomic mass is 16.3. The maximum absolute atomic E-state index is 9.07. The van der Waals surface area contributed by atoms with Crippen molar-refractivity contribution < 1.29 is 5.11 Å². The molecule has 0 radical (unpaired) electrons. The number of benzene rings is 1. The Morgan fingerprint density at radius 1 is 1.14 bits per heavy atom. The number of aryl methyl sites for hydroxylation is 1. The number of nitrogens with one attached hydrogen (secondary N) is 1. The predicted octanol–water partition coefficient (Wildman–Crippen LogP) is 2.94. The minimum atomic E-state index is 0.182. The van der Waals surface area contributed by atoms with Crippen LogP contribution in [0.15, 0.2) is 42.6 Å². The van der Waals surface area contributed by atoms with Gasteiger partial charge in [0.25, 0.3) is 0 Å². The van der Waals surface area contributed by atoms with E-state index in [-0.39, 0.29) is 6.61 Å². The van der Waals surface area contributed by atoms with E-state index in [0.717, 1.165) is 31.0 Å². The van der Waals surface area contributed by atoms with E-state index in [1.54, 1.807) is 0 Å². The van der Waals surface area contributed by atoms with Gasteiger partial charge >= 0.3 is 0 Å². The van der Waals surface area contributed by atoms with E-state index in [1.807, 2.05) is 0 Å². The molecule has 4 nitrogen and oxygen atoms in total. The fourth-order valence-corrected chi connectivity index (χ4v) is 2.49. The number of rotatable bonds is 8. The Balaban J connectivity index is 1.96. The monoisotopic (exact) mass is 287 g/mol. The summed E-state index contributed by atoms with van der Waals surface area (Å²) >= 11 is 0. The average Bonchev–Trinajstić information content (AvgIpc) is 2.99. The number of hydrogen-bond donors (Lipinski definition) is 2. The highest BCUT2D eigenvalue weighted by Crippen LogP contribution is 2.18. The summed E-state index contributed by atoms with van der Waals surface area (Å²) < 4.78 is 2.24. The highest BCUT2D eigenvalue weighted by Gasteiger charge is 2.03. The summed E-state index contributed by atoms with van der Waals surface area (Å²) in [5.74, 6) is 0. The molecule has 2 N–H and O–H groups in total. The van der Waals surface area contributed by atoms with Gasteiger partial charge in [0.15, 0.2) is 0 Å². The maximum Gasteiger partial charge on any atom is 0.0606 e. The maximum atomic E-state index is 9.07. The normalized spacial score (nSPS) is 10.6. The molecule has 0 unspecified atom stereocenters. The van der Waals surface area contributed by atoms with E-state index >= 15 is 0 Å². The molecule has 0 bridgehead atoms. The first-order chi connectivity index (χ1) is 10.3. The smallest absolute Gasteiger partial charge is 0.0606 e. The Hall–Kier alpha value is -1.94. The van der Waals surface area contributed by atoms with E-state index in [2.05, 4.69) is 71.2 Å². The third-order valence-corrected chi connectivity index (χ3v) is 3.72. The van der Waals surface area contributed by atoms with Gasteiger partial charge in [0.2, 0.25) is 0 Å². The van der Waals surface area contributed by atoms with Gasteiger partial charge in [-0.25, -0.2) is 0 Å². The molecule has 0 fully saturated rings. The second-order valence-corrected chi connectivity index (χ2v) is 4.99. The molecule has 0 aliphatic heterocycles. The fraction of sp³-hybridized carbons (Fsp3) is 0.412. The number of aliphatic hydroxyl groups is 1. The van der Waals surface area contributed by atoms with Crippen LogP contribution in [0.1, 0.15) is 19.5 Å². The molecule has 4 heteroatoms. The molecule has 1 heterocycles. The van der Waals surface area contributed by atoms with Gasteiger partial charge in [-0.15, -0.1) is 0 Å². The number of hydrogen-bond acceptors (Lipinski definition) is 3. The Bertz CT molecular complexity index is 533. The standard InChI is InChI=1S/C17H25N3O/c1-3-19-11-5-6-17(19)14-18-15-7-9-16(10-8-15)20(4-2)12-13-21/h5-11,18,21H,3-4,12-14H2,1-2H3. The van der Waals surface area contributed by atoms with Crippen LogP contribution in [-0.4, -0.2) is 29.4 Å². The molecule has 1 aromatic carbocycles. The van der Waals surface area contributed by atoms with Crippen LogP contribution in [0.2, 0.25) is 0 Å². The number of nitrogens with zero attached hydrogens (tertiary/aromatic N) is 2. The minimum Gasteiger partial charge on any atom is -0.395 e. The summed E-state index contributed by atoms with van der Waals surface area (Å²) in [6.45, 7) is 7.83. The van der Waals surface area contributed by atoms with Crippen molar-refractivity contribution in [1.82, 2.24) is 4.57 Å². The number of likely N-dealkylation sites (N-methyl/N-ethyl adjacent to an activating group) is 1. The van der Waals surface area contributed by atoms with E-state index in [0.29, 0.717) is 6.54 Å². The molecule has 0 amide bonds. The molecule has 0 saturated carbocycles. The van der Waals surface area contributed by atoms with Gasteiger partial charge < -0.3 is 19.9 Å². The summed E-state index contributed by atoms with van der Waals surface area (Å²) in [4.78, 5) is 2.16. The van der Waals surface area contributed by atoms with Crippen LogP contribution in [0.4, 0.5) is 11.4 Å². The average molecular weight is 287 g/mol. The zero-order valence-corrected chi connectivity index (χ0v) is 12.9. The zero-order chi connectivity index (χ0) is 15.1. The zero-order valence-electron chi connectivity index (χ0n) is 12.9. The van der Waals surface area contributed by atoms with Gasteiger partial charge in [-0.1, -0.05) is 0 Å². The Morgan fingerprint density at radius 2 is 1.90 bits per heavy atom. The van der Waals surface area contributed by atoms with Gasteiger partial charge in [0.1, 0.15) is 0 Å². The second kappa shape index (κ2) is 7.74. The topological polar surface area (TPSA) is 40.4 Å². The lowest BCUT2D eigenvalue weighted by Gasteiger charge is -2.22. The summed E-state index contributed by atoms with van der Waals surface area (Å²) in [6, 6.07) is 12.6. The van der Waals surface area contributed by atoms with Gasteiger partial charge in [-0.3, -0.25) is 0 Å². The Kier molecular flexibility index (Phi) is 5.69. The molecule has 1 aromatic heterocycles. The molecular weight excluding hydrogens is 262 g/mol. The molecule has 0 aliphatic rings. The third kappa shape index (κ3) is 4.02. The van der Waals surface area contributed by atoms with E-state index in [1.165, 1.54) is 5.69 Å². The lowest BCUT2D eigenvalue weighted by molar-refractivity contribution is 0.302. The van der Waals surface area contributed by atoms with Crippen LogP contribution in [0.3, 0.4) is 0 Å². The van der Waals surface area contributed by atoms with Crippen LogP contribution in [-0.2, 0) is 13.1 Å². The van der Waals surface area contributed by atoms with Gasteiger partial charge in [0, 0.05) is 42.9 Å². The van der Waals surface area contributed by atoms with Gasteiger partial charge in [-0.2, -0.15) is 0 Å². The molecule has 21 heavy (non-hydrogen) atoms. The predicted molar refractivity (Wildman–Crippen MR) is 88.8 cm³/mol. The minimum absolute atomic E-state index is 0.182. The van der Waals surface area contributed by atoms with Crippen molar-refractivity contribution in [2.75, 3.05) is 29.9 Å². The number of aromatic nitrogens is 1. The Labute approximate surface area is 127 Å². The lowest BCUT2D eigenvalue weighted by Crippen LogP contribution is -2.25. The molecule has 0 saturated heterocycles. The van der Waals surface area contributed by atoms with Crippen molar-refractivity contribution in [3.05, 3.63) is 48.3 Å². The van der Waals surface area contributed by atoms with Crippen molar-refractivity contribution in [2.24, 2.45) is 0 Å². The summed E-state index contributed by atoms with van der Waals surface area (Å²) in [5.41, 5.74) is 3.55.